The molecule has 0 unspecified atom stereocenters. The third-order valence-corrected chi connectivity index (χ3v) is 5.44. The second-order valence-corrected chi connectivity index (χ2v) is 6.84. The van der Waals surface area contributed by atoms with E-state index in [2.05, 4.69) is 88.2 Å². The zero-order chi connectivity index (χ0) is 14.5. The first-order valence-electron chi connectivity index (χ1n) is 7.30. The van der Waals surface area contributed by atoms with Gasteiger partial charge < -0.3 is 4.90 Å². The van der Waals surface area contributed by atoms with Crippen molar-refractivity contribution in [1.82, 2.24) is 0 Å². The lowest BCUT2D eigenvalue weighted by atomic mass is 9.61. The SMILES string of the molecule is CN1c2ccccc2C(C)(C)C(C)(C)c2ccccc21. The van der Waals surface area contributed by atoms with E-state index in [-0.39, 0.29) is 10.8 Å². The van der Waals surface area contributed by atoms with Crippen LogP contribution in [-0.2, 0) is 10.8 Å². The normalized spacial score (nSPS) is 18.9. The number of fused-ring (bicyclic) bond motifs is 2. The molecule has 1 nitrogen and oxygen atoms in total. The smallest absolute Gasteiger partial charge is 0.0446 e. The van der Waals surface area contributed by atoms with Gasteiger partial charge in [-0.2, -0.15) is 0 Å². The van der Waals surface area contributed by atoms with E-state index in [9.17, 15) is 0 Å². The first-order chi connectivity index (χ1) is 9.37. The van der Waals surface area contributed by atoms with Crippen molar-refractivity contribution in [2.75, 3.05) is 11.9 Å². The largest absolute Gasteiger partial charge is 0.344 e. The summed E-state index contributed by atoms with van der Waals surface area (Å²) in [6, 6.07) is 17.6. The van der Waals surface area contributed by atoms with E-state index in [0.29, 0.717) is 0 Å². The lowest BCUT2D eigenvalue weighted by molar-refractivity contribution is 0.307. The van der Waals surface area contributed by atoms with Crippen LogP contribution >= 0.6 is 0 Å². The van der Waals surface area contributed by atoms with Gasteiger partial charge in [0.1, 0.15) is 0 Å². The number of para-hydroxylation sites is 2. The Bertz CT molecular complexity index is 595. The summed E-state index contributed by atoms with van der Waals surface area (Å²) in [6.45, 7) is 9.45. The Kier molecular flexibility index (Phi) is 2.72. The van der Waals surface area contributed by atoms with Gasteiger partial charge in [0.25, 0.3) is 0 Å². The molecule has 0 aliphatic carbocycles. The maximum Gasteiger partial charge on any atom is 0.0446 e. The fraction of sp³-hybridized carbons (Fsp3) is 0.368. The van der Waals surface area contributed by atoms with Crippen molar-refractivity contribution in [2.24, 2.45) is 0 Å². The van der Waals surface area contributed by atoms with E-state index >= 15 is 0 Å². The van der Waals surface area contributed by atoms with Crippen LogP contribution in [0.1, 0.15) is 38.8 Å². The van der Waals surface area contributed by atoms with E-state index in [1.54, 1.807) is 0 Å². The van der Waals surface area contributed by atoms with Gasteiger partial charge in [0.2, 0.25) is 0 Å². The highest BCUT2D eigenvalue weighted by Gasteiger charge is 2.44. The van der Waals surface area contributed by atoms with Crippen LogP contribution in [0.2, 0.25) is 0 Å². The Labute approximate surface area is 122 Å². The summed E-state index contributed by atoms with van der Waals surface area (Å²) in [6.07, 6.45) is 0. The molecule has 0 bridgehead atoms. The molecular formula is C19H23N. The monoisotopic (exact) mass is 265 g/mol. The zero-order valence-electron chi connectivity index (χ0n) is 13.1. The molecule has 1 aliphatic rings. The minimum absolute atomic E-state index is 0.0739. The Hall–Kier alpha value is -1.76. The summed E-state index contributed by atoms with van der Waals surface area (Å²) < 4.78 is 0. The Balaban J connectivity index is 2.41. The predicted molar refractivity (Wildman–Crippen MR) is 87.0 cm³/mol. The first kappa shape index (κ1) is 13.2. The highest BCUT2D eigenvalue weighted by atomic mass is 15.1. The van der Waals surface area contributed by atoms with E-state index in [4.69, 9.17) is 0 Å². The van der Waals surface area contributed by atoms with Crippen molar-refractivity contribution in [3.63, 3.8) is 0 Å². The minimum atomic E-state index is 0.0739. The van der Waals surface area contributed by atoms with Crippen molar-refractivity contribution in [3.8, 4) is 0 Å². The summed E-state index contributed by atoms with van der Waals surface area (Å²) in [5.74, 6) is 0. The van der Waals surface area contributed by atoms with Gasteiger partial charge in [-0.3, -0.25) is 0 Å². The first-order valence-corrected chi connectivity index (χ1v) is 7.30. The van der Waals surface area contributed by atoms with Crippen molar-refractivity contribution in [1.29, 1.82) is 0 Å². The summed E-state index contributed by atoms with van der Waals surface area (Å²) in [5.41, 5.74) is 5.62. The van der Waals surface area contributed by atoms with Crippen LogP contribution in [0.25, 0.3) is 0 Å². The molecule has 20 heavy (non-hydrogen) atoms. The molecule has 0 saturated heterocycles. The number of anilines is 2. The molecule has 3 rings (SSSR count). The van der Waals surface area contributed by atoms with Gasteiger partial charge in [0.15, 0.2) is 0 Å². The number of nitrogens with zero attached hydrogens (tertiary/aromatic N) is 1. The lowest BCUT2D eigenvalue weighted by Gasteiger charge is -2.42. The minimum Gasteiger partial charge on any atom is -0.344 e. The van der Waals surface area contributed by atoms with Crippen LogP contribution in [0, 0.1) is 0 Å². The quantitative estimate of drug-likeness (QED) is 0.646. The average molecular weight is 265 g/mol. The summed E-state index contributed by atoms with van der Waals surface area (Å²) in [5, 5.41) is 0. The Morgan fingerprint density at radius 1 is 0.650 bits per heavy atom. The molecular weight excluding hydrogens is 242 g/mol. The summed E-state index contributed by atoms with van der Waals surface area (Å²) >= 11 is 0. The van der Waals surface area contributed by atoms with E-state index < -0.39 is 0 Å². The van der Waals surface area contributed by atoms with Gasteiger partial charge in [0, 0.05) is 29.3 Å². The maximum atomic E-state index is 2.36. The van der Waals surface area contributed by atoms with Crippen LogP contribution < -0.4 is 4.90 Å². The second kappa shape index (κ2) is 4.12. The Morgan fingerprint density at radius 3 is 1.40 bits per heavy atom. The molecule has 2 aromatic carbocycles. The average Bonchev–Trinajstić information content (AvgIpc) is 2.50. The van der Waals surface area contributed by atoms with Gasteiger partial charge in [-0.05, 0) is 23.3 Å². The standard InChI is InChI=1S/C19H23N/c1-18(2)14-10-6-8-12-16(14)20(5)17-13-9-7-11-15(17)19(18,3)4/h6-13H,1-5H3. The number of rotatable bonds is 0. The van der Waals surface area contributed by atoms with E-state index in [0.717, 1.165) is 0 Å². The van der Waals surface area contributed by atoms with Crippen molar-refractivity contribution in [3.05, 3.63) is 59.7 Å². The molecule has 104 valence electrons. The van der Waals surface area contributed by atoms with E-state index in [1.807, 2.05) is 0 Å². The maximum absolute atomic E-state index is 2.36. The molecule has 0 saturated carbocycles. The number of hydrogen-bond acceptors (Lipinski definition) is 1. The van der Waals surface area contributed by atoms with Crippen LogP contribution in [0.4, 0.5) is 11.4 Å². The molecule has 1 heterocycles. The van der Waals surface area contributed by atoms with Gasteiger partial charge in [0.05, 0.1) is 0 Å². The van der Waals surface area contributed by atoms with Crippen LogP contribution in [0.5, 0.6) is 0 Å². The van der Waals surface area contributed by atoms with Crippen molar-refractivity contribution < 1.29 is 0 Å². The van der Waals surface area contributed by atoms with E-state index in [1.165, 1.54) is 22.5 Å². The summed E-state index contributed by atoms with van der Waals surface area (Å²) in [7, 11) is 2.18. The fourth-order valence-electron chi connectivity index (χ4n) is 3.39. The molecule has 0 atom stereocenters. The van der Waals surface area contributed by atoms with Crippen molar-refractivity contribution in [2.45, 2.75) is 38.5 Å². The highest BCUT2D eigenvalue weighted by molar-refractivity contribution is 5.74. The molecule has 0 aromatic heterocycles. The Morgan fingerprint density at radius 2 is 1.00 bits per heavy atom. The highest BCUT2D eigenvalue weighted by Crippen LogP contribution is 2.52. The van der Waals surface area contributed by atoms with Gasteiger partial charge in [-0.15, -0.1) is 0 Å². The topological polar surface area (TPSA) is 3.24 Å². The molecule has 1 heteroatoms. The third kappa shape index (κ3) is 1.56. The van der Waals surface area contributed by atoms with Gasteiger partial charge >= 0.3 is 0 Å². The lowest BCUT2D eigenvalue weighted by Crippen LogP contribution is -2.39. The van der Waals surface area contributed by atoms with Gasteiger partial charge in [-0.25, -0.2) is 0 Å². The predicted octanol–water partition coefficient (Wildman–Crippen LogP) is 5.02. The number of benzene rings is 2. The third-order valence-electron chi connectivity index (χ3n) is 5.44. The van der Waals surface area contributed by atoms with Crippen LogP contribution in [-0.4, -0.2) is 7.05 Å². The summed E-state index contributed by atoms with van der Waals surface area (Å²) in [4.78, 5) is 2.33. The van der Waals surface area contributed by atoms with Crippen LogP contribution in [0.15, 0.2) is 48.5 Å². The number of hydrogen-bond donors (Lipinski definition) is 0. The van der Waals surface area contributed by atoms with Crippen molar-refractivity contribution >= 4 is 11.4 Å². The molecule has 2 aromatic rings. The molecule has 0 N–H and O–H groups in total. The molecule has 0 radical (unpaired) electrons. The molecule has 0 amide bonds. The van der Waals surface area contributed by atoms with Crippen LogP contribution in [0.3, 0.4) is 0 Å². The molecule has 0 spiro atoms. The molecule has 0 fully saturated rings. The fourth-order valence-corrected chi connectivity index (χ4v) is 3.39. The second-order valence-electron chi connectivity index (χ2n) is 6.84. The zero-order valence-corrected chi connectivity index (χ0v) is 13.1. The molecule has 1 aliphatic heterocycles. The van der Waals surface area contributed by atoms with Gasteiger partial charge in [-0.1, -0.05) is 64.1 Å².